The molecule has 0 radical (unpaired) electrons. The smallest absolute Gasteiger partial charge is 0.254 e. The first-order valence-electron chi connectivity index (χ1n) is 7.15. The molecule has 1 aliphatic rings. The fourth-order valence-corrected chi connectivity index (χ4v) is 2.89. The van der Waals surface area contributed by atoms with E-state index in [0.29, 0.717) is 0 Å². The number of piperidine rings is 1. The molecule has 0 spiro atoms. The Labute approximate surface area is 127 Å². The summed E-state index contributed by atoms with van der Waals surface area (Å²) in [7, 11) is 0. The van der Waals surface area contributed by atoms with Crippen LogP contribution >= 0.6 is 12.4 Å². The van der Waals surface area contributed by atoms with Crippen LogP contribution in [0, 0.1) is 13.8 Å². The second kappa shape index (κ2) is 7.09. The number of hydrogen-bond acceptors (Lipinski definition) is 2. The third-order valence-electron chi connectivity index (χ3n) is 4.25. The standard InChI is InChI=1S/C16H24N2O.ClH/c1-11-7-6-8-14(12(11)2)16(19)18-10-5-4-9-15(18)13(3)17;/h6-8,13,15H,4-5,9-10,17H2,1-3H3;1H. The van der Waals surface area contributed by atoms with E-state index in [2.05, 4.69) is 0 Å². The molecule has 0 aliphatic carbocycles. The minimum Gasteiger partial charge on any atom is -0.334 e. The van der Waals surface area contributed by atoms with E-state index >= 15 is 0 Å². The van der Waals surface area contributed by atoms with Crippen molar-refractivity contribution in [1.29, 1.82) is 0 Å². The zero-order valence-corrected chi connectivity index (χ0v) is 13.4. The molecule has 4 heteroatoms. The van der Waals surface area contributed by atoms with Crippen molar-refractivity contribution in [1.82, 2.24) is 4.90 Å². The molecule has 1 aromatic carbocycles. The number of aryl methyl sites for hydroxylation is 1. The number of nitrogens with zero attached hydrogens (tertiary/aromatic N) is 1. The van der Waals surface area contributed by atoms with Gasteiger partial charge in [-0.2, -0.15) is 0 Å². The van der Waals surface area contributed by atoms with Crippen LogP contribution in [0.5, 0.6) is 0 Å². The Morgan fingerprint density at radius 1 is 1.35 bits per heavy atom. The lowest BCUT2D eigenvalue weighted by Gasteiger charge is -2.38. The fourth-order valence-electron chi connectivity index (χ4n) is 2.89. The molecule has 1 heterocycles. The SMILES string of the molecule is Cc1cccc(C(=O)N2CCCCC2C(C)N)c1C.Cl. The highest BCUT2D eigenvalue weighted by Crippen LogP contribution is 2.23. The van der Waals surface area contributed by atoms with E-state index in [1.165, 1.54) is 12.0 Å². The maximum Gasteiger partial charge on any atom is 0.254 e. The predicted octanol–water partition coefficient (Wildman–Crippen LogP) is 3.07. The van der Waals surface area contributed by atoms with Gasteiger partial charge >= 0.3 is 0 Å². The normalized spacial score (nSPS) is 20.2. The van der Waals surface area contributed by atoms with Crippen LogP contribution < -0.4 is 5.73 Å². The molecule has 2 unspecified atom stereocenters. The molecule has 1 fully saturated rings. The van der Waals surface area contributed by atoms with Gasteiger partial charge in [0, 0.05) is 24.2 Å². The van der Waals surface area contributed by atoms with E-state index in [1.54, 1.807) is 0 Å². The molecular weight excluding hydrogens is 272 g/mol. The second-order valence-electron chi connectivity index (χ2n) is 5.67. The summed E-state index contributed by atoms with van der Waals surface area (Å²) in [5.74, 6) is 0.142. The van der Waals surface area contributed by atoms with Crippen molar-refractivity contribution < 1.29 is 4.79 Å². The van der Waals surface area contributed by atoms with Crippen LogP contribution in [0.1, 0.15) is 47.7 Å². The number of halogens is 1. The van der Waals surface area contributed by atoms with Crippen molar-refractivity contribution >= 4 is 18.3 Å². The van der Waals surface area contributed by atoms with Crippen molar-refractivity contribution in [2.75, 3.05) is 6.54 Å². The summed E-state index contributed by atoms with van der Waals surface area (Å²) in [4.78, 5) is 14.7. The van der Waals surface area contributed by atoms with Gasteiger partial charge in [0.05, 0.1) is 0 Å². The maximum atomic E-state index is 12.8. The predicted molar refractivity (Wildman–Crippen MR) is 85.5 cm³/mol. The van der Waals surface area contributed by atoms with E-state index in [1.807, 2.05) is 43.9 Å². The molecule has 2 rings (SSSR count). The number of nitrogens with two attached hydrogens (primary N) is 1. The first-order chi connectivity index (χ1) is 9.02. The van der Waals surface area contributed by atoms with Gasteiger partial charge in [0.15, 0.2) is 0 Å². The highest BCUT2D eigenvalue weighted by molar-refractivity contribution is 5.96. The fraction of sp³-hybridized carbons (Fsp3) is 0.562. The number of rotatable bonds is 2. The summed E-state index contributed by atoms with van der Waals surface area (Å²) in [6.45, 7) is 6.90. The minimum atomic E-state index is 0. The zero-order valence-electron chi connectivity index (χ0n) is 12.6. The van der Waals surface area contributed by atoms with Crippen LogP contribution in [0.2, 0.25) is 0 Å². The van der Waals surface area contributed by atoms with Crippen molar-refractivity contribution in [3.05, 3.63) is 34.9 Å². The third-order valence-corrected chi connectivity index (χ3v) is 4.25. The Balaban J connectivity index is 0.00000200. The zero-order chi connectivity index (χ0) is 14.0. The van der Waals surface area contributed by atoms with Crippen LogP contribution in [0.3, 0.4) is 0 Å². The number of benzene rings is 1. The molecule has 0 saturated carbocycles. The minimum absolute atomic E-state index is 0. The number of carbonyl (C=O) groups is 1. The lowest BCUT2D eigenvalue weighted by Crippen LogP contribution is -2.51. The largest absolute Gasteiger partial charge is 0.334 e. The van der Waals surface area contributed by atoms with Crippen LogP contribution in [0.25, 0.3) is 0 Å². The Kier molecular flexibility index (Phi) is 6.03. The van der Waals surface area contributed by atoms with Crippen molar-refractivity contribution in [3.63, 3.8) is 0 Å². The molecule has 2 N–H and O–H groups in total. The molecule has 1 saturated heterocycles. The average molecular weight is 297 g/mol. The van der Waals surface area contributed by atoms with Crippen LogP contribution in [-0.4, -0.2) is 29.4 Å². The summed E-state index contributed by atoms with van der Waals surface area (Å²) in [6, 6.07) is 6.15. The topological polar surface area (TPSA) is 46.3 Å². The summed E-state index contributed by atoms with van der Waals surface area (Å²) in [5, 5.41) is 0. The molecule has 1 aromatic rings. The molecule has 2 atom stereocenters. The number of amides is 1. The number of carbonyl (C=O) groups excluding carboxylic acids is 1. The Morgan fingerprint density at radius 2 is 2.05 bits per heavy atom. The molecule has 3 nitrogen and oxygen atoms in total. The molecule has 1 amide bonds. The van der Waals surface area contributed by atoms with Crippen molar-refractivity contribution in [3.8, 4) is 0 Å². The number of likely N-dealkylation sites (tertiary alicyclic amines) is 1. The first-order valence-corrected chi connectivity index (χ1v) is 7.15. The van der Waals surface area contributed by atoms with E-state index in [4.69, 9.17) is 5.73 Å². The van der Waals surface area contributed by atoms with Gasteiger partial charge in [0.25, 0.3) is 5.91 Å². The van der Waals surface area contributed by atoms with Crippen molar-refractivity contribution in [2.24, 2.45) is 5.73 Å². The summed E-state index contributed by atoms with van der Waals surface area (Å²) >= 11 is 0. The monoisotopic (exact) mass is 296 g/mol. The van der Waals surface area contributed by atoms with Crippen LogP contribution in [0.4, 0.5) is 0 Å². The Bertz CT molecular complexity index is 474. The lowest BCUT2D eigenvalue weighted by molar-refractivity contribution is 0.0583. The Hall–Kier alpha value is -1.06. The quantitative estimate of drug-likeness (QED) is 0.912. The van der Waals surface area contributed by atoms with E-state index in [-0.39, 0.29) is 30.4 Å². The summed E-state index contributed by atoms with van der Waals surface area (Å²) in [5.41, 5.74) is 9.13. The lowest BCUT2D eigenvalue weighted by atomic mass is 9.94. The molecule has 0 bridgehead atoms. The van der Waals surface area contributed by atoms with E-state index in [9.17, 15) is 4.79 Å². The maximum absolute atomic E-state index is 12.8. The van der Waals surface area contributed by atoms with Crippen molar-refractivity contribution in [2.45, 2.75) is 52.1 Å². The van der Waals surface area contributed by atoms with Gasteiger partial charge in [-0.05, 0) is 57.2 Å². The Morgan fingerprint density at radius 3 is 2.70 bits per heavy atom. The summed E-state index contributed by atoms with van der Waals surface area (Å²) in [6.07, 6.45) is 3.27. The molecule has 112 valence electrons. The second-order valence-corrected chi connectivity index (χ2v) is 5.67. The highest BCUT2D eigenvalue weighted by Gasteiger charge is 2.30. The average Bonchev–Trinajstić information content (AvgIpc) is 2.41. The third kappa shape index (κ3) is 3.33. The number of hydrogen-bond donors (Lipinski definition) is 1. The van der Waals surface area contributed by atoms with Crippen LogP contribution in [-0.2, 0) is 0 Å². The highest BCUT2D eigenvalue weighted by atomic mass is 35.5. The van der Waals surface area contributed by atoms with Gasteiger partial charge in [0.1, 0.15) is 0 Å². The molecule has 1 aliphatic heterocycles. The van der Waals surface area contributed by atoms with Crippen LogP contribution in [0.15, 0.2) is 18.2 Å². The molecule has 20 heavy (non-hydrogen) atoms. The van der Waals surface area contributed by atoms with E-state index in [0.717, 1.165) is 30.5 Å². The summed E-state index contributed by atoms with van der Waals surface area (Å²) < 4.78 is 0. The van der Waals surface area contributed by atoms with E-state index < -0.39 is 0 Å². The molecular formula is C16H25ClN2O. The van der Waals surface area contributed by atoms with Gasteiger partial charge in [-0.25, -0.2) is 0 Å². The van der Waals surface area contributed by atoms with Gasteiger partial charge in [-0.15, -0.1) is 12.4 Å². The van der Waals surface area contributed by atoms with Gasteiger partial charge in [-0.1, -0.05) is 12.1 Å². The first kappa shape index (κ1) is 17.0. The van der Waals surface area contributed by atoms with Gasteiger partial charge in [0.2, 0.25) is 0 Å². The van der Waals surface area contributed by atoms with Gasteiger partial charge in [-0.3, -0.25) is 4.79 Å². The molecule has 0 aromatic heterocycles. The van der Waals surface area contributed by atoms with Gasteiger partial charge < -0.3 is 10.6 Å².